The molecule has 0 radical (unpaired) electrons. The molecule has 31 rings (SSSR count). The van der Waals surface area contributed by atoms with Gasteiger partial charge in [-0.1, -0.05) is 322 Å². The van der Waals surface area contributed by atoms with E-state index in [0.717, 1.165) is 132 Å². The molecule has 0 spiro atoms. The first-order valence-corrected chi connectivity index (χ1v) is 51.4. The molecule has 1 aliphatic heterocycles. The summed E-state index contributed by atoms with van der Waals surface area (Å²) in [5.41, 5.74) is 28.3. The number of para-hydroxylation sites is 9. The van der Waals surface area contributed by atoms with Crippen LogP contribution in [0.3, 0.4) is 0 Å². The molecule has 0 atom stereocenters. The molecule has 1 aliphatic rings. The van der Waals surface area contributed by atoms with E-state index in [0.29, 0.717) is 4.48 Å². The van der Waals surface area contributed by atoms with Crippen LogP contribution >= 0.6 is 45.3 Å². The summed E-state index contributed by atoms with van der Waals surface area (Å²) < 4.78 is 16.7. The van der Waals surface area contributed by atoms with Crippen LogP contribution in [0.2, 0.25) is 0 Å². The summed E-state index contributed by atoms with van der Waals surface area (Å²) in [4.78, 5) is 34.5. The molecule has 0 fully saturated rings. The Hall–Kier alpha value is -17.5. The zero-order chi connectivity index (χ0) is 94.2. The summed E-state index contributed by atoms with van der Waals surface area (Å²) in [5.74, 6) is 2.22. The molecule has 670 valence electrons. The lowest BCUT2D eigenvalue weighted by atomic mass is 10.0. The standard InChI is InChI=1S/C46H28N4S.C42H29N4S.C40H23N3S2/c1-3-15-29(16-4-1)45-47-44(43-34-22-10-14-26-42(34)51-46(43)48-45)33-21-9-13-25-39(33)50-38-24-12-8-20-32(38)36-27-35-31-19-7-11-23-37(31)49(40(35)28-41(36)50)30-17-5-2-6-18-30;1-46(2)36-22-12-8-17-28(36)32-24-31-27-16-6-10-20-33(27)45(35(31)25-37(32)46)34-21-11-7-18-29(34)40-39-30-19-9-13-23-38(30)47-42(39)44-41(43-40)26-14-4-3-5-15-26;1-2-12-24(13-3-1)39-41-38(37-28-17-7-11-21-35(28)45-40(37)42-39)27-16-5-9-19-32(27)43-31-18-8-4-14-25(31)29-22-30-26-15-6-10-20-34(26)44-36(30)23-33(29)43/h1-28H;3-25H,1-2H3;1-23H/q;+1;. The third-order valence-electron chi connectivity index (χ3n) is 28.9. The molecular weight excluding hydrogens is 1820 g/mol. The van der Waals surface area contributed by atoms with Crippen molar-refractivity contribution in [2.75, 3.05) is 14.1 Å². The number of hydrogen-bond donors (Lipinski definition) is 0. The molecule has 0 unspecified atom stereocenters. The third kappa shape index (κ3) is 13.0. The summed E-state index contributed by atoms with van der Waals surface area (Å²) in [6.45, 7) is 0. The van der Waals surface area contributed by atoms with Gasteiger partial charge in [-0.25, -0.2) is 29.9 Å². The van der Waals surface area contributed by atoms with E-state index in [9.17, 15) is 0 Å². The Bertz CT molecular complexity index is 10500. The Labute approximate surface area is 835 Å². The predicted molar refractivity (Wildman–Crippen MR) is 606 cm³/mol. The fraction of sp³-hybridized carbons (Fsp3) is 0.0156. The van der Waals surface area contributed by atoms with Crippen molar-refractivity contribution in [1.29, 1.82) is 0 Å². The van der Waals surface area contributed by atoms with Crippen molar-refractivity contribution in [3.05, 3.63) is 449 Å². The predicted octanol–water partition coefficient (Wildman–Crippen LogP) is 35.2. The number of aromatic nitrogens is 10. The number of thiophene rings is 4. The molecule has 0 bridgehead atoms. The fourth-order valence-corrected chi connectivity index (χ4v) is 26.8. The van der Waals surface area contributed by atoms with Crippen LogP contribution in [0.5, 0.6) is 0 Å². The zero-order valence-corrected chi connectivity index (χ0v) is 80.5. The van der Waals surface area contributed by atoms with Gasteiger partial charge in [-0.05, 0) is 115 Å². The average molecular weight is 1900 g/mol. The molecule has 0 amide bonds. The van der Waals surface area contributed by atoms with Crippen LogP contribution in [-0.4, -0.2) is 62.3 Å². The second-order valence-electron chi connectivity index (χ2n) is 37.1. The Morgan fingerprint density at radius 2 is 0.490 bits per heavy atom. The smallest absolute Gasteiger partial charge is 0.161 e. The first-order valence-electron chi connectivity index (χ1n) is 48.1. The van der Waals surface area contributed by atoms with Crippen molar-refractivity contribution in [2.24, 2.45) is 0 Å². The van der Waals surface area contributed by atoms with Crippen LogP contribution in [0.15, 0.2) is 449 Å². The van der Waals surface area contributed by atoms with Gasteiger partial charge in [0.1, 0.15) is 25.9 Å². The third-order valence-corrected chi connectivity index (χ3v) is 33.2. The van der Waals surface area contributed by atoms with Crippen molar-refractivity contribution in [1.82, 2.24) is 52.7 Å². The van der Waals surface area contributed by atoms with Gasteiger partial charge in [0.05, 0.1) is 92.4 Å². The van der Waals surface area contributed by atoms with Crippen LogP contribution < -0.4 is 4.48 Å². The molecule has 30 aromatic rings. The van der Waals surface area contributed by atoms with Gasteiger partial charge in [0.2, 0.25) is 0 Å². The molecule has 19 aromatic carbocycles. The highest BCUT2D eigenvalue weighted by molar-refractivity contribution is 7.27. The highest BCUT2D eigenvalue weighted by Gasteiger charge is 2.39. The normalized spacial score (nSPS) is 12.5. The lowest BCUT2D eigenvalue weighted by molar-refractivity contribution is 0.569. The van der Waals surface area contributed by atoms with Crippen LogP contribution in [-0.2, 0) is 0 Å². The SMILES string of the molecule is C[N+]1(C)c2ccccc2-c2cc3c4ccccc4n(-c4ccccc4-c4nc(-c5ccccc5)nc5sc6ccccc6c45)c3cc21.c1ccc(-c2nc(-c3ccccc3-n3c4ccccc4c4cc5c(cc43)sc3ccccc35)c3c(n2)sc2ccccc23)cc1.c1ccc(-c2nc(-c3ccccc3-n3c4ccccc4c4cc5c6ccccc6n(-c6ccccc6)c5cc43)c3c(n2)sc2ccccc23)cc1. The zero-order valence-electron chi connectivity index (χ0n) is 77.3. The summed E-state index contributed by atoms with van der Waals surface area (Å²) >= 11 is 7.06. The molecule has 143 heavy (non-hydrogen) atoms. The highest BCUT2D eigenvalue weighted by Crippen LogP contribution is 2.56. The van der Waals surface area contributed by atoms with Gasteiger partial charge >= 0.3 is 0 Å². The lowest BCUT2D eigenvalue weighted by Crippen LogP contribution is -2.31. The first kappa shape index (κ1) is 82.5. The summed E-state index contributed by atoms with van der Waals surface area (Å²) in [7, 11) is 4.59. The van der Waals surface area contributed by atoms with E-state index in [-0.39, 0.29) is 0 Å². The Kier molecular flexibility index (Phi) is 18.9. The molecular formula is C128H80N11S4+. The van der Waals surface area contributed by atoms with Crippen molar-refractivity contribution < 1.29 is 0 Å². The molecule has 12 heterocycles. The van der Waals surface area contributed by atoms with Gasteiger partial charge in [0.15, 0.2) is 17.5 Å². The van der Waals surface area contributed by atoms with Crippen molar-refractivity contribution in [3.63, 3.8) is 0 Å². The Balaban J connectivity index is 0.000000102. The monoisotopic (exact) mass is 1900 g/mol. The lowest BCUT2D eigenvalue weighted by Gasteiger charge is -2.25. The number of quaternary nitrogens is 1. The quantitative estimate of drug-likeness (QED) is 0.127. The second-order valence-corrected chi connectivity index (χ2v) is 41.3. The minimum atomic E-state index is 0.707. The number of nitrogens with zero attached hydrogens (tertiary/aromatic N) is 11. The molecule has 15 heteroatoms. The van der Waals surface area contributed by atoms with Gasteiger partial charge in [0, 0.05) is 172 Å². The molecule has 0 saturated heterocycles. The number of benzene rings is 19. The topological polar surface area (TPSA) is 97.1 Å². The van der Waals surface area contributed by atoms with Crippen LogP contribution in [0.4, 0.5) is 11.4 Å². The van der Waals surface area contributed by atoms with Gasteiger partial charge in [-0.15, -0.1) is 45.3 Å². The fourth-order valence-electron chi connectivity index (χ4n) is 22.5. The summed E-state index contributed by atoms with van der Waals surface area (Å²) in [6.07, 6.45) is 0. The highest BCUT2D eigenvalue weighted by atomic mass is 32.1. The van der Waals surface area contributed by atoms with Crippen molar-refractivity contribution in [2.45, 2.75) is 0 Å². The van der Waals surface area contributed by atoms with E-state index < -0.39 is 0 Å². The summed E-state index contributed by atoms with van der Waals surface area (Å²) in [5, 5.41) is 19.4. The van der Waals surface area contributed by atoms with Crippen LogP contribution in [0.25, 0.3) is 270 Å². The second kappa shape index (κ2) is 32.8. The van der Waals surface area contributed by atoms with Crippen LogP contribution in [0, 0.1) is 0 Å². The molecule has 0 saturated carbocycles. The maximum Gasteiger partial charge on any atom is 0.161 e. The largest absolute Gasteiger partial charge is 0.309 e. The molecule has 0 N–H and O–H groups in total. The van der Waals surface area contributed by atoms with E-state index in [4.69, 9.17) is 29.9 Å². The van der Waals surface area contributed by atoms with Gasteiger partial charge < -0.3 is 18.3 Å². The van der Waals surface area contributed by atoms with Gasteiger partial charge in [-0.2, -0.15) is 0 Å². The Morgan fingerprint density at radius 3 is 0.909 bits per heavy atom. The van der Waals surface area contributed by atoms with E-state index in [1.807, 2.05) is 41.7 Å². The molecule has 11 aromatic heterocycles. The summed E-state index contributed by atoms with van der Waals surface area (Å²) in [6, 6.07) is 161. The Morgan fingerprint density at radius 1 is 0.189 bits per heavy atom. The maximum atomic E-state index is 5.41. The van der Waals surface area contributed by atoms with E-state index in [1.54, 1.807) is 34.0 Å². The van der Waals surface area contributed by atoms with E-state index >= 15 is 0 Å². The maximum absolute atomic E-state index is 5.41. The number of rotatable bonds is 10. The first-order chi connectivity index (χ1) is 70.7. The van der Waals surface area contributed by atoms with Crippen LogP contribution in [0.1, 0.15) is 0 Å². The molecule has 0 aliphatic carbocycles. The number of hydrogen-bond acceptors (Lipinski definition) is 10. The number of fused-ring (bicyclic) bond motifs is 27. The van der Waals surface area contributed by atoms with Crippen molar-refractivity contribution >= 4 is 225 Å². The van der Waals surface area contributed by atoms with Gasteiger partial charge in [0.25, 0.3) is 0 Å². The minimum Gasteiger partial charge on any atom is -0.309 e. The minimum absolute atomic E-state index is 0.707. The van der Waals surface area contributed by atoms with Crippen molar-refractivity contribution in [3.8, 4) is 102 Å². The van der Waals surface area contributed by atoms with E-state index in [2.05, 4.69) is 451 Å². The van der Waals surface area contributed by atoms with Gasteiger partial charge in [-0.3, -0.25) is 4.48 Å². The molecule has 11 nitrogen and oxygen atoms in total. The van der Waals surface area contributed by atoms with E-state index in [1.165, 1.54) is 149 Å². The average Bonchev–Trinajstić information content (AvgIpc) is 1.58.